The fourth-order valence-corrected chi connectivity index (χ4v) is 7.26. The molecular formula is C20H20N4O3S3. The SMILES string of the molecule is Cc1ccc(S(=O)(=O)N2CCN(C(=O)c3cc4c(nc5sccn54)s3)CC2)c(C)c1. The number of carbonyl (C=O) groups excluding carboxylic acids is 1. The van der Waals surface area contributed by atoms with Crippen LogP contribution in [0.1, 0.15) is 20.8 Å². The lowest BCUT2D eigenvalue weighted by Gasteiger charge is -2.34. The zero-order chi connectivity index (χ0) is 21.0. The minimum Gasteiger partial charge on any atom is -0.335 e. The lowest BCUT2D eigenvalue weighted by atomic mass is 10.2. The summed E-state index contributed by atoms with van der Waals surface area (Å²) in [6, 6.07) is 7.25. The molecule has 0 unspecified atom stereocenters. The number of hydrogen-bond donors (Lipinski definition) is 0. The summed E-state index contributed by atoms with van der Waals surface area (Å²) in [5.41, 5.74) is 2.72. The van der Waals surface area contributed by atoms with Gasteiger partial charge in [0.15, 0.2) is 4.96 Å². The summed E-state index contributed by atoms with van der Waals surface area (Å²) in [6.07, 6.45) is 1.95. The van der Waals surface area contributed by atoms with Gasteiger partial charge in [0.2, 0.25) is 10.0 Å². The van der Waals surface area contributed by atoms with Crippen molar-refractivity contribution in [2.45, 2.75) is 18.7 Å². The summed E-state index contributed by atoms with van der Waals surface area (Å²) in [5.74, 6) is -0.0643. The number of rotatable bonds is 3. The van der Waals surface area contributed by atoms with Gasteiger partial charge in [-0.1, -0.05) is 17.7 Å². The van der Waals surface area contributed by atoms with E-state index in [0.717, 1.165) is 26.4 Å². The molecule has 1 amide bonds. The molecule has 1 aromatic carbocycles. The Morgan fingerprint density at radius 1 is 1.10 bits per heavy atom. The second kappa shape index (κ2) is 7.16. The van der Waals surface area contributed by atoms with Crippen LogP contribution in [-0.4, -0.2) is 59.1 Å². The maximum atomic E-state index is 13.1. The van der Waals surface area contributed by atoms with Crippen LogP contribution in [0.2, 0.25) is 0 Å². The van der Waals surface area contributed by atoms with Gasteiger partial charge in [0.25, 0.3) is 5.91 Å². The molecule has 10 heteroatoms. The Bertz CT molecular complexity index is 1370. The van der Waals surface area contributed by atoms with Crippen LogP contribution in [0.25, 0.3) is 15.3 Å². The monoisotopic (exact) mass is 460 g/mol. The molecule has 0 saturated carbocycles. The number of amides is 1. The highest BCUT2D eigenvalue weighted by Gasteiger charge is 2.32. The largest absolute Gasteiger partial charge is 0.335 e. The number of piperazine rings is 1. The van der Waals surface area contributed by atoms with E-state index in [2.05, 4.69) is 4.98 Å². The van der Waals surface area contributed by atoms with Gasteiger partial charge in [-0.05, 0) is 31.5 Å². The number of nitrogens with zero attached hydrogens (tertiary/aromatic N) is 4. The first-order valence-corrected chi connectivity index (χ1v) is 12.7. The molecule has 0 N–H and O–H groups in total. The van der Waals surface area contributed by atoms with Crippen molar-refractivity contribution in [1.29, 1.82) is 0 Å². The van der Waals surface area contributed by atoms with E-state index in [4.69, 9.17) is 0 Å². The van der Waals surface area contributed by atoms with Crippen molar-refractivity contribution in [2.75, 3.05) is 26.2 Å². The normalized spacial score (nSPS) is 16.0. The summed E-state index contributed by atoms with van der Waals surface area (Å²) < 4.78 is 29.6. The molecule has 0 bridgehead atoms. The van der Waals surface area contributed by atoms with Crippen LogP contribution in [0.5, 0.6) is 0 Å². The highest BCUT2D eigenvalue weighted by Crippen LogP contribution is 2.29. The number of benzene rings is 1. The number of thiazole rings is 1. The van der Waals surface area contributed by atoms with Gasteiger partial charge in [0.1, 0.15) is 4.83 Å². The Balaban J connectivity index is 1.32. The number of sulfonamides is 1. The molecule has 3 aromatic heterocycles. The number of aryl methyl sites for hydroxylation is 2. The molecule has 4 heterocycles. The van der Waals surface area contributed by atoms with E-state index < -0.39 is 10.0 Å². The second-order valence-electron chi connectivity index (χ2n) is 7.43. The molecule has 0 radical (unpaired) electrons. The predicted octanol–water partition coefficient (Wildman–Crippen LogP) is 3.37. The van der Waals surface area contributed by atoms with Gasteiger partial charge < -0.3 is 4.90 Å². The molecule has 30 heavy (non-hydrogen) atoms. The molecule has 4 aromatic rings. The number of carbonyl (C=O) groups is 1. The van der Waals surface area contributed by atoms with Crippen LogP contribution in [0, 0.1) is 13.8 Å². The van der Waals surface area contributed by atoms with Crippen molar-refractivity contribution in [3.05, 3.63) is 51.8 Å². The first kappa shape index (κ1) is 19.7. The lowest BCUT2D eigenvalue weighted by Crippen LogP contribution is -2.50. The van der Waals surface area contributed by atoms with Crippen molar-refractivity contribution in [3.8, 4) is 0 Å². The van der Waals surface area contributed by atoms with Crippen LogP contribution in [0.15, 0.2) is 40.7 Å². The number of thiophene rings is 1. The highest BCUT2D eigenvalue weighted by molar-refractivity contribution is 7.89. The number of aromatic nitrogens is 2. The molecule has 7 nitrogen and oxygen atoms in total. The summed E-state index contributed by atoms with van der Waals surface area (Å²) in [7, 11) is -3.57. The van der Waals surface area contributed by atoms with E-state index in [1.165, 1.54) is 15.6 Å². The Labute approximate surface area is 182 Å². The molecule has 5 rings (SSSR count). The van der Waals surface area contributed by atoms with Gasteiger partial charge in [-0.25, -0.2) is 13.4 Å². The summed E-state index contributed by atoms with van der Waals surface area (Å²) in [5, 5.41) is 1.97. The van der Waals surface area contributed by atoms with Crippen LogP contribution < -0.4 is 0 Å². The first-order valence-electron chi connectivity index (χ1n) is 9.56. The maximum Gasteiger partial charge on any atom is 0.264 e. The van der Waals surface area contributed by atoms with Crippen LogP contribution >= 0.6 is 22.7 Å². The topological polar surface area (TPSA) is 75.0 Å². The molecule has 0 aliphatic carbocycles. The van der Waals surface area contributed by atoms with Gasteiger partial charge >= 0.3 is 0 Å². The zero-order valence-electron chi connectivity index (χ0n) is 16.5. The predicted molar refractivity (Wildman–Crippen MR) is 119 cm³/mol. The van der Waals surface area contributed by atoms with Gasteiger partial charge in [-0.2, -0.15) is 4.31 Å². The van der Waals surface area contributed by atoms with E-state index in [1.54, 1.807) is 22.3 Å². The number of imidazole rings is 1. The van der Waals surface area contributed by atoms with Gasteiger partial charge in [0.05, 0.1) is 15.3 Å². The minimum absolute atomic E-state index is 0.0643. The average molecular weight is 461 g/mol. The quantitative estimate of drug-likeness (QED) is 0.470. The van der Waals surface area contributed by atoms with E-state index >= 15 is 0 Å². The minimum atomic E-state index is -3.57. The molecule has 1 aliphatic rings. The molecule has 156 valence electrons. The van der Waals surface area contributed by atoms with Crippen molar-refractivity contribution < 1.29 is 13.2 Å². The molecule has 1 fully saturated rings. The van der Waals surface area contributed by atoms with Crippen LogP contribution in [0.3, 0.4) is 0 Å². The zero-order valence-corrected chi connectivity index (χ0v) is 19.0. The Kier molecular flexibility index (Phi) is 4.69. The van der Waals surface area contributed by atoms with Crippen molar-refractivity contribution in [3.63, 3.8) is 0 Å². The van der Waals surface area contributed by atoms with E-state index in [1.807, 2.05) is 48.0 Å². The average Bonchev–Trinajstić information content (AvgIpc) is 3.39. The third-order valence-corrected chi connectivity index (χ3v) is 9.25. The summed E-state index contributed by atoms with van der Waals surface area (Å²) in [6.45, 7) is 5.09. The fourth-order valence-electron chi connectivity index (χ4n) is 3.87. The van der Waals surface area contributed by atoms with Gasteiger partial charge in [-0.15, -0.1) is 22.7 Å². The van der Waals surface area contributed by atoms with E-state index in [-0.39, 0.29) is 5.91 Å². The Hall–Kier alpha value is -2.27. The molecule has 0 spiro atoms. The summed E-state index contributed by atoms with van der Waals surface area (Å²) in [4.78, 5) is 22.0. The maximum absolute atomic E-state index is 13.1. The fraction of sp³-hybridized carbons (Fsp3) is 0.300. The molecular weight excluding hydrogens is 440 g/mol. The molecule has 0 atom stereocenters. The third-order valence-electron chi connectivity index (χ3n) is 5.42. The highest BCUT2D eigenvalue weighted by atomic mass is 32.2. The summed E-state index contributed by atoms with van der Waals surface area (Å²) >= 11 is 2.95. The Morgan fingerprint density at radius 2 is 1.87 bits per heavy atom. The third kappa shape index (κ3) is 3.15. The first-order chi connectivity index (χ1) is 14.3. The number of hydrogen-bond acceptors (Lipinski definition) is 6. The van der Waals surface area contributed by atoms with Crippen molar-refractivity contribution in [1.82, 2.24) is 18.6 Å². The van der Waals surface area contributed by atoms with E-state index in [0.29, 0.717) is 36.0 Å². The van der Waals surface area contributed by atoms with Crippen molar-refractivity contribution >= 4 is 53.9 Å². The Morgan fingerprint density at radius 3 is 2.60 bits per heavy atom. The van der Waals surface area contributed by atoms with Crippen LogP contribution in [0.4, 0.5) is 0 Å². The molecule has 1 saturated heterocycles. The lowest BCUT2D eigenvalue weighted by molar-refractivity contribution is 0.0703. The smallest absolute Gasteiger partial charge is 0.264 e. The van der Waals surface area contributed by atoms with E-state index in [9.17, 15) is 13.2 Å². The molecule has 1 aliphatic heterocycles. The van der Waals surface area contributed by atoms with Gasteiger partial charge in [-0.3, -0.25) is 9.20 Å². The second-order valence-corrected chi connectivity index (χ2v) is 11.2. The standard InChI is InChI=1S/C20H20N4O3S3/c1-13-3-4-17(14(2)11-13)30(26,27)23-7-5-22(6-8-23)19(25)16-12-15-18(29-16)21-20-24(15)9-10-28-20/h3-4,9-12H,5-8H2,1-2H3. The van der Waals surface area contributed by atoms with Gasteiger partial charge in [0, 0.05) is 37.8 Å². The van der Waals surface area contributed by atoms with Crippen molar-refractivity contribution in [2.24, 2.45) is 0 Å². The van der Waals surface area contributed by atoms with Crippen LogP contribution in [-0.2, 0) is 10.0 Å². The number of fused-ring (bicyclic) bond motifs is 3.